The third kappa shape index (κ3) is 3.01. The van der Waals surface area contributed by atoms with Gasteiger partial charge in [0.05, 0.1) is 17.2 Å². The monoisotopic (exact) mass is 290 g/mol. The van der Waals surface area contributed by atoms with Crippen LogP contribution in [-0.2, 0) is 21.1 Å². The summed E-state index contributed by atoms with van der Waals surface area (Å²) < 4.78 is 23.4. The van der Waals surface area contributed by atoms with E-state index in [1.165, 1.54) is 6.07 Å². The molecule has 1 aromatic carbocycles. The number of anilines is 1. The Bertz CT molecular complexity index is 557. The van der Waals surface area contributed by atoms with Gasteiger partial charge in [-0.15, -0.1) is 12.4 Å². The van der Waals surface area contributed by atoms with E-state index in [1.807, 2.05) is 0 Å². The molecule has 2 rings (SSSR count). The number of aryl methyl sites for hydroxylation is 1. The molecule has 1 aliphatic heterocycles. The van der Waals surface area contributed by atoms with E-state index >= 15 is 0 Å². The molecular weight excluding hydrogens is 276 g/mol. The minimum absolute atomic E-state index is 0. The Hall–Kier alpha value is -1.11. The van der Waals surface area contributed by atoms with Crippen molar-refractivity contribution in [2.45, 2.75) is 11.3 Å². The highest BCUT2D eigenvalue weighted by Gasteiger charge is 2.26. The van der Waals surface area contributed by atoms with Gasteiger partial charge in [0.15, 0.2) is 9.84 Å². The number of carbonyl (C=O) groups excluding carboxylic acids is 1. The zero-order valence-corrected chi connectivity index (χ0v) is 11.5. The number of amides is 1. The average molecular weight is 291 g/mol. The van der Waals surface area contributed by atoms with Crippen molar-refractivity contribution < 1.29 is 13.2 Å². The first-order valence-electron chi connectivity index (χ1n) is 5.33. The molecule has 7 heteroatoms. The smallest absolute Gasteiger partial charge is 0.238 e. The first kappa shape index (κ1) is 14.9. The quantitative estimate of drug-likeness (QED) is 0.855. The first-order chi connectivity index (χ1) is 8.03. The highest BCUT2D eigenvalue weighted by Crippen LogP contribution is 2.28. The molecule has 0 saturated carbocycles. The highest BCUT2D eigenvalue weighted by atomic mass is 35.5. The maximum absolute atomic E-state index is 11.7. The van der Waals surface area contributed by atoms with Crippen LogP contribution >= 0.6 is 12.4 Å². The van der Waals surface area contributed by atoms with Gasteiger partial charge in [-0.05, 0) is 31.2 Å². The van der Waals surface area contributed by atoms with Crippen LogP contribution < -0.4 is 10.6 Å². The second-order valence-electron chi connectivity index (χ2n) is 3.97. The van der Waals surface area contributed by atoms with Crippen LogP contribution in [0.15, 0.2) is 23.1 Å². The largest absolute Gasteiger partial charge is 0.325 e. The van der Waals surface area contributed by atoms with Crippen LogP contribution in [0.1, 0.15) is 5.56 Å². The van der Waals surface area contributed by atoms with Gasteiger partial charge in [0.1, 0.15) is 0 Å². The number of fused-ring (bicyclic) bond motifs is 1. The number of hydrogen-bond donors (Lipinski definition) is 2. The summed E-state index contributed by atoms with van der Waals surface area (Å²) in [5, 5.41) is 5.37. The predicted molar refractivity (Wildman–Crippen MR) is 72.0 cm³/mol. The fourth-order valence-corrected chi connectivity index (χ4v) is 3.43. The van der Waals surface area contributed by atoms with E-state index in [0.717, 1.165) is 5.56 Å². The topological polar surface area (TPSA) is 75.3 Å². The lowest BCUT2D eigenvalue weighted by Gasteiger charge is -2.06. The molecule has 0 spiro atoms. The summed E-state index contributed by atoms with van der Waals surface area (Å²) in [5.74, 6) is -0.0289. The normalized spacial score (nSPS) is 15.6. The van der Waals surface area contributed by atoms with Crippen LogP contribution in [0.2, 0.25) is 0 Å². The van der Waals surface area contributed by atoms with E-state index in [4.69, 9.17) is 0 Å². The molecule has 100 valence electrons. The minimum Gasteiger partial charge on any atom is -0.325 e. The predicted octanol–water partition coefficient (Wildman–Crippen LogP) is 0.596. The summed E-state index contributed by atoms with van der Waals surface area (Å²) in [5.41, 5.74) is 1.35. The molecule has 0 unspecified atom stereocenters. The summed E-state index contributed by atoms with van der Waals surface area (Å²) in [7, 11) is -1.47. The molecule has 0 aromatic heterocycles. The molecule has 1 amide bonds. The molecule has 0 fully saturated rings. The van der Waals surface area contributed by atoms with Gasteiger partial charge in [0.2, 0.25) is 5.91 Å². The van der Waals surface area contributed by atoms with Crippen LogP contribution in [-0.4, -0.2) is 33.7 Å². The lowest BCUT2D eigenvalue weighted by Crippen LogP contribution is -2.25. The van der Waals surface area contributed by atoms with Gasteiger partial charge in [-0.1, -0.05) is 6.07 Å². The minimum atomic E-state index is -3.14. The van der Waals surface area contributed by atoms with Crippen LogP contribution in [0.5, 0.6) is 0 Å². The summed E-state index contributed by atoms with van der Waals surface area (Å²) in [6.45, 7) is 0.198. The zero-order valence-electron chi connectivity index (χ0n) is 9.89. The summed E-state index contributed by atoms with van der Waals surface area (Å²) in [6.07, 6.45) is 0.558. The third-order valence-electron chi connectivity index (χ3n) is 2.66. The Morgan fingerprint density at radius 2 is 2.11 bits per heavy atom. The summed E-state index contributed by atoms with van der Waals surface area (Å²) in [6, 6.07) is 5.02. The van der Waals surface area contributed by atoms with Gasteiger partial charge in [0, 0.05) is 5.69 Å². The standard InChI is InChI=1S/C11H14N2O3S.ClH/c1-12-7-11(14)13-9-3-2-8-4-5-17(15,16)10(8)6-9;/h2-3,6,12H,4-5,7H2,1H3,(H,13,14);1H. The fraction of sp³-hybridized carbons (Fsp3) is 0.364. The molecule has 1 heterocycles. The van der Waals surface area contributed by atoms with E-state index in [1.54, 1.807) is 19.2 Å². The molecule has 2 N–H and O–H groups in total. The van der Waals surface area contributed by atoms with Gasteiger partial charge in [0.25, 0.3) is 0 Å². The van der Waals surface area contributed by atoms with E-state index in [-0.39, 0.29) is 30.6 Å². The Morgan fingerprint density at radius 1 is 1.39 bits per heavy atom. The van der Waals surface area contributed by atoms with Gasteiger partial charge in [-0.3, -0.25) is 4.79 Å². The lowest BCUT2D eigenvalue weighted by molar-refractivity contribution is -0.115. The lowest BCUT2D eigenvalue weighted by atomic mass is 10.1. The number of hydrogen-bond acceptors (Lipinski definition) is 4. The second kappa shape index (κ2) is 5.69. The van der Waals surface area contributed by atoms with Crippen molar-refractivity contribution in [2.24, 2.45) is 0 Å². The molecule has 0 radical (unpaired) electrons. The molecular formula is C11H15ClN2O3S. The number of halogens is 1. The Morgan fingerprint density at radius 3 is 2.78 bits per heavy atom. The van der Waals surface area contributed by atoms with Crippen LogP contribution in [0.4, 0.5) is 5.69 Å². The number of nitrogens with one attached hydrogen (secondary N) is 2. The van der Waals surface area contributed by atoms with Crippen LogP contribution in [0, 0.1) is 0 Å². The Balaban J connectivity index is 0.00000162. The SMILES string of the molecule is CNCC(=O)Nc1ccc2c(c1)S(=O)(=O)CC2.Cl. The van der Waals surface area contributed by atoms with E-state index < -0.39 is 9.84 Å². The number of rotatable bonds is 3. The van der Waals surface area contributed by atoms with Crippen molar-refractivity contribution in [2.75, 3.05) is 24.7 Å². The Kier molecular flexibility index (Phi) is 4.72. The van der Waals surface area contributed by atoms with Crippen molar-refractivity contribution in [3.8, 4) is 0 Å². The van der Waals surface area contributed by atoms with Gasteiger partial charge < -0.3 is 10.6 Å². The van der Waals surface area contributed by atoms with Crippen molar-refractivity contribution in [1.82, 2.24) is 5.32 Å². The van der Waals surface area contributed by atoms with Gasteiger partial charge >= 0.3 is 0 Å². The molecule has 0 atom stereocenters. The molecule has 1 aromatic rings. The number of carbonyl (C=O) groups is 1. The van der Waals surface area contributed by atoms with Crippen LogP contribution in [0.25, 0.3) is 0 Å². The van der Waals surface area contributed by atoms with Gasteiger partial charge in [-0.25, -0.2) is 8.42 Å². The van der Waals surface area contributed by atoms with E-state index in [0.29, 0.717) is 17.0 Å². The summed E-state index contributed by atoms with van der Waals surface area (Å²) in [4.78, 5) is 11.7. The second-order valence-corrected chi connectivity index (χ2v) is 6.05. The van der Waals surface area contributed by atoms with Crippen molar-refractivity contribution in [3.05, 3.63) is 23.8 Å². The zero-order chi connectivity index (χ0) is 12.5. The first-order valence-corrected chi connectivity index (χ1v) is 6.98. The van der Waals surface area contributed by atoms with Crippen molar-refractivity contribution in [3.63, 3.8) is 0 Å². The molecule has 0 saturated heterocycles. The summed E-state index contributed by atoms with van der Waals surface area (Å²) >= 11 is 0. The van der Waals surface area contributed by atoms with E-state index in [9.17, 15) is 13.2 Å². The Labute approximate surface area is 112 Å². The number of likely N-dealkylation sites (N-methyl/N-ethyl adjacent to an activating group) is 1. The number of sulfone groups is 1. The van der Waals surface area contributed by atoms with Crippen LogP contribution in [0.3, 0.4) is 0 Å². The van der Waals surface area contributed by atoms with E-state index in [2.05, 4.69) is 10.6 Å². The third-order valence-corrected chi connectivity index (χ3v) is 4.46. The fourth-order valence-electron chi connectivity index (χ4n) is 1.85. The maximum Gasteiger partial charge on any atom is 0.238 e. The molecule has 0 aliphatic carbocycles. The molecule has 1 aliphatic rings. The van der Waals surface area contributed by atoms with Gasteiger partial charge in [-0.2, -0.15) is 0 Å². The average Bonchev–Trinajstić information content (AvgIpc) is 2.55. The maximum atomic E-state index is 11.7. The van der Waals surface area contributed by atoms with Crippen molar-refractivity contribution >= 4 is 33.8 Å². The molecule has 18 heavy (non-hydrogen) atoms. The number of benzene rings is 1. The highest BCUT2D eigenvalue weighted by molar-refractivity contribution is 7.91. The van der Waals surface area contributed by atoms with Crippen molar-refractivity contribution in [1.29, 1.82) is 0 Å². The molecule has 5 nitrogen and oxygen atoms in total. The molecule has 0 bridgehead atoms.